The zero-order chi connectivity index (χ0) is 11.4. The SMILES string of the molecule is CCN(CC)c1cc(C(=O)O)nn1CC. The van der Waals surface area contributed by atoms with Crippen LogP contribution in [0.1, 0.15) is 31.3 Å². The highest BCUT2D eigenvalue weighted by atomic mass is 16.4. The minimum absolute atomic E-state index is 0.110. The largest absolute Gasteiger partial charge is 0.476 e. The molecule has 0 aliphatic heterocycles. The number of carboxylic acids is 1. The molecule has 1 heterocycles. The molecule has 0 fully saturated rings. The van der Waals surface area contributed by atoms with Gasteiger partial charge in [-0.25, -0.2) is 9.48 Å². The third kappa shape index (κ3) is 2.29. The molecule has 0 aliphatic carbocycles. The van der Waals surface area contributed by atoms with Crippen LogP contribution in [0, 0.1) is 0 Å². The monoisotopic (exact) mass is 211 g/mol. The zero-order valence-electron chi connectivity index (χ0n) is 9.40. The van der Waals surface area contributed by atoms with Crippen LogP contribution in [0.15, 0.2) is 6.07 Å². The Kier molecular flexibility index (Phi) is 3.71. The van der Waals surface area contributed by atoms with Crippen molar-refractivity contribution in [2.45, 2.75) is 27.3 Å². The highest BCUT2D eigenvalue weighted by molar-refractivity contribution is 5.86. The average Bonchev–Trinajstić information content (AvgIpc) is 2.64. The summed E-state index contributed by atoms with van der Waals surface area (Å²) in [5, 5.41) is 12.9. The van der Waals surface area contributed by atoms with Gasteiger partial charge in [-0.1, -0.05) is 0 Å². The molecule has 5 nitrogen and oxygen atoms in total. The lowest BCUT2D eigenvalue weighted by molar-refractivity contribution is 0.0689. The van der Waals surface area contributed by atoms with Gasteiger partial charge in [0.25, 0.3) is 0 Å². The van der Waals surface area contributed by atoms with Gasteiger partial charge in [-0.2, -0.15) is 5.10 Å². The minimum Gasteiger partial charge on any atom is -0.476 e. The van der Waals surface area contributed by atoms with Gasteiger partial charge < -0.3 is 10.0 Å². The second-order valence-corrected chi connectivity index (χ2v) is 3.18. The summed E-state index contributed by atoms with van der Waals surface area (Å²) in [4.78, 5) is 12.9. The van der Waals surface area contributed by atoms with Crippen molar-refractivity contribution in [2.75, 3.05) is 18.0 Å². The summed E-state index contributed by atoms with van der Waals surface area (Å²) < 4.78 is 1.72. The Balaban J connectivity index is 3.09. The molecule has 1 rings (SSSR count). The van der Waals surface area contributed by atoms with Gasteiger partial charge in [-0.3, -0.25) is 0 Å². The lowest BCUT2D eigenvalue weighted by Crippen LogP contribution is -2.24. The fraction of sp³-hybridized carbons (Fsp3) is 0.600. The van der Waals surface area contributed by atoms with Crippen molar-refractivity contribution >= 4 is 11.8 Å². The molecule has 1 aromatic heterocycles. The van der Waals surface area contributed by atoms with Gasteiger partial charge in [0.05, 0.1) is 0 Å². The van der Waals surface area contributed by atoms with E-state index in [4.69, 9.17) is 5.11 Å². The van der Waals surface area contributed by atoms with Crippen LogP contribution in [0.5, 0.6) is 0 Å². The standard InChI is InChI=1S/C10H17N3O2/c1-4-12(5-2)9-7-8(10(14)15)11-13(9)6-3/h7H,4-6H2,1-3H3,(H,14,15). The third-order valence-corrected chi connectivity index (χ3v) is 2.36. The first-order valence-corrected chi connectivity index (χ1v) is 5.20. The van der Waals surface area contributed by atoms with Gasteiger partial charge >= 0.3 is 5.97 Å². The predicted octanol–water partition coefficient (Wildman–Crippen LogP) is 1.45. The number of nitrogens with zero attached hydrogens (tertiary/aromatic N) is 3. The van der Waals surface area contributed by atoms with E-state index in [-0.39, 0.29) is 5.69 Å². The van der Waals surface area contributed by atoms with E-state index < -0.39 is 5.97 Å². The van der Waals surface area contributed by atoms with E-state index in [1.807, 2.05) is 20.8 Å². The third-order valence-electron chi connectivity index (χ3n) is 2.36. The highest BCUT2D eigenvalue weighted by Gasteiger charge is 2.15. The van der Waals surface area contributed by atoms with Crippen LogP contribution in [0.4, 0.5) is 5.82 Å². The number of carboxylic acid groups (broad SMARTS) is 1. The summed E-state index contributed by atoms with van der Waals surface area (Å²) in [7, 11) is 0. The van der Waals surface area contributed by atoms with Crippen molar-refractivity contribution in [3.63, 3.8) is 0 Å². The molecule has 84 valence electrons. The van der Waals surface area contributed by atoms with Crippen molar-refractivity contribution in [3.05, 3.63) is 11.8 Å². The van der Waals surface area contributed by atoms with Gasteiger partial charge in [-0.15, -0.1) is 0 Å². The van der Waals surface area contributed by atoms with Crippen LogP contribution in [-0.2, 0) is 6.54 Å². The molecular weight excluding hydrogens is 194 g/mol. The van der Waals surface area contributed by atoms with Crippen LogP contribution >= 0.6 is 0 Å². The predicted molar refractivity (Wildman–Crippen MR) is 58.4 cm³/mol. The maximum Gasteiger partial charge on any atom is 0.356 e. The normalized spacial score (nSPS) is 10.3. The van der Waals surface area contributed by atoms with E-state index in [1.165, 1.54) is 0 Å². The van der Waals surface area contributed by atoms with Gasteiger partial charge in [0.15, 0.2) is 5.69 Å². The molecule has 1 N–H and O–H groups in total. The number of hydrogen-bond acceptors (Lipinski definition) is 3. The van der Waals surface area contributed by atoms with Crippen LogP contribution in [0.25, 0.3) is 0 Å². The van der Waals surface area contributed by atoms with Crippen molar-refractivity contribution in [1.82, 2.24) is 9.78 Å². The number of aromatic carboxylic acids is 1. The molecule has 0 atom stereocenters. The Hall–Kier alpha value is -1.52. The fourth-order valence-corrected chi connectivity index (χ4v) is 1.55. The molecule has 0 unspecified atom stereocenters. The topological polar surface area (TPSA) is 58.4 Å². The second kappa shape index (κ2) is 4.82. The lowest BCUT2D eigenvalue weighted by atomic mass is 10.4. The first kappa shape index (κ1) is 11.6. The van der Waals surface area contributed by atoms with Crippen molar-refractivity contribution in [3.8, 4) is 0 Å². The molecular formula is C10H17N3O2. The molecule has 0 aliphatic rings. The molecule has 0 spiro atoms. The van der Waals surface area contributed by atoms with Gasteiger partial charge in [0, 0.05) is 25.7 Å². The smallest absolute Gasteiger partial charge is 0.356 e. The second-order valence-electron chi connectivity index (χ2n) is 3.18. The molecule has 1 aromatic rings. The quantitative estimate of drug-likeness (QED) is 0.800. The maximum atomic E-state index is 10.8. The first-order chi connectivity index (χ1) is 7.13. The number of aryl methyl sites for hydroxylation is 1. The zero-order valence-corrected chi connectivity index (χ0v) is 9.40. The lowest BCUT2D eigenvalue weighted by Gasteiger charge is -2.20. The van der Waals surface area contributed by atoms with Gasteiger partial charge in [0.1, 0.15) is 5.82 Å². The van der Waals surface area contributed by atoms with Gasteiger partial charge in [0.2, 0.25) is 0 Å². The van der Waals surface area contributed by atoms with Crippen LogP contribution < -0.4 is 4.90 Å². The number of aromatic nitrogens is 2. The summed E-state index contributed by atoms with van der Waals surface area (Å²) in [6, 6.07) is 1.62. The van der Waals surface area contributed by atoms with Crippen molar-refractivity contribution in [2.24, 2.45) is 0 Å². The molecule has 0 radical (unpaired) electrons. The first-order valence-electron chi connectivity index (χ1n) is 5.20. The Bertz CT molecular complexity index is 342. The summed E-state index contributed by atoms with van der Waals surface area (Å²) in [5.41, 5.74) is 0.110. The molecule has 5 heteroatoms. The molecule has 0 saturated carbocycles. The van der Waals surface area contributed by atoms with E-state index in [2.05, 4.69) is 10.00 Å². The Morgan fingerprint density at radius 3 is 2.47 bits per heavy atom. The van der Waals surface area contributed by atoms with E-state index in [0.717, 1.165) is 18.9 Å². The maximum absolute atomic E-state index is 10.8. The minimum atomic E-state index is -0.976. The molecule has 0 bridgehead atoms. The number of carbonyl (C=O) groups is 1. The Morgan fingerprint density at radius 2 is 2.07 bits per heavy atom. The number of hydrogen-bond donors (Lipinski definition) is 1. The van der Waals surface area contributed by atoms with Gasteiger partial charge in [-0.05, 0) is 20.8 Å². The highest BCUT2D eigenvalue weighted by Crippen LogP contribution is 2.16. The van der Waals surface area contributed by atoms with E-state index >= 15 is 0 Å². The van der Waals surface area contributed by atoms with Crippen LogP contribution in [0.3, 0.4) is 0 Å². The Labute approximate surface area is 89.3 Å². The Morgan fingerprint density at radius 1 is 1.47 bits per heavy atom. The number of anilines is 1. The fourth-order valence-electron chi connectivity index (χ4n) is 1.55. The average molecular weight is 211 g/mol. The molecule has 15 heavy (non-hydrogen) atoms. The summed E-state index contributed by atoms with van der Waals surface area (Å²) in [6.07, 6.45) is 0. The summed E-state index contributed by atoms with van der Waals surface area (Å²) in [5.74, 6) is -0.101. The summed E-state index contributed by atoms with van der Waals surface area (Å²) in [6.45, 7) is 8.40. The van der Waals surface area contributed by atoms with Crippen molar-refractivity contribution < 1.29 is 9.90 Å². The molecule has 0 amide bonds. The molecule has 0 aromatic carbocycles. The number of rotatable bonds is 5. The van der Waals surface area contributed by atoms with E-state index in [9.17, 15) is 4.79 Å². The summed E-state index contributed by atoms with van der Waals surface area (Å²) >= 11 is 0. The van der Waals surface area contributed by atoms with Crippen molar-refractivity contribution in [1.29, 1.82) is 0 Å². The molecule has 0 saturated heterocycles. The van der Waals surface area contributed by atoms with E-state index in [1.54, 1.807) is 10.7 Å². The van der Waals surface area contributed by atoms with Crippen LogP contribution in [-0.4, -0.2) is 33.9 Å². The van der Waals surface area contributed by atoms with Crippen LogP contribution in [0.2, 0.25) is 0 Å². The van der Waals surface area contributed by atoms with E-state index in [0.29, 0.717) is 6.54 Å².